The van der Waals surface area contributed by atoms with Crippen molar-refractivity contribution in [2.45, 2.75) is 25.7 Å². The molecule has 0 aromatic heterocycles. The highest BCUT2D eigenvalue weighted by Gasteiger charge is 2.28. The minimum absolute atomic E-state index is 0.221. The molecule has 2 aliphatic rings. The van der Waals surface area contributed by atoms with Gasteiger partial charge in [0, 0.05) is 18.4 Å². The van der Waals surface area contributed by atoms with Gasteiger partial charge in [-0.1, -0.05) is 6.92 Å². The summed E-state index contributed by atoms with van der Waals surface area (Å²) >= 11 is 0. The van der Waals surface area contributed by atoms with Crippen LogP contribution < -0.4 is 9.47 Å². The summed E-state index contributed by atoms with van der Waals surface area (Å²) in [5.41, 5.74) is 1.92. The second-order valence-corrected chi connectivity index (χ2v) is 4.47. The lowest BCUT2D eigenvalue weighted by Crippen LogP contribution is -1.97. The molecular weight excluding hydrogens is 204 g/mol. The Balaban J connectivity index is 2.12. The van der Waals surface area contributed by atoms with E-state index < -0.39 is 0 Å². The number of hydrogen-bond donors (Lipinski definition) is 0. The molecule has 1 heterocycles. The molecule has 3 nitrogen and oxygen atoms in total. The first-order chi connectivity index (χ1) is 7.75. The molecule has 16 heavy (non-hydrogen) atoms. The predicted octanol–water partition coefficient (Wildman–Crippen LogP) is 2.54. The number of ether oxygens (including phenoxy) is 2. The maximum Gasteiger partial charge on any atom is 0.163 e. The Morgan fingerprint density at radius 2 is 1.88 bits per heavy atom. The molecule has 0 radical (unpaired) electrons. The molecule has 1 aromatic rings. The van der Waals surface area contributed by atoms with Gasteiger partial charge >= 0.3 is 0 Å². The molecule has 1 unspecified atom stereocenters. The molecule has 0 amide bonds. The number of ketones is 1. The maximum absolute atomic E-state index is 11.8. The summed E-state index contributed by atoms with van der Waals surface area (Å²) in [5.74, 6) is 2.04. The molecule has 1 atom stereocenters. The third kappa shape index (κ3) is 1.39. The third-order valence-corrected chi connectivity index (χ3v) is 3.24. The van der Waals surface area contributed by atoms with Gasteiger partial charge in [-0.05, 0) is 23.6 Å². The summed E-state index contributed by atoms with van der Waals surface area (Å²) in [6, 6.07) is 3.83. The van der Waals surface area contributed by atoms with E-state index in [4.69, 9.17) is 9.47 Å². The third-order valence-electron chi connectivity index (χ3n) is 3.24. The molecule has 0 fully saturated rings. The van der Waals surface area contributed by atoms with Crippen LogP contribution >= 0.6 is 0 Å². The molecule has 84 valence electrons. The zero-order valence-corrected chi connectivity index (χ0v) is 9.29. The zero-order valence-electron chi connectivity index (χ0n) is 9.29. The van der Waals surface area contributed by atoms with Gasteiger partial charge in [0.15, 0.2) is 17.3 Å². The minimum atomic E-state index is 0.221. The van der Waals surface area contributed by atoms with Gasteiger partial charge in [-0.3, -0.25) is 4.79 Å². The Kier molecular flexibility index (Phi) is 2.13. The lowest BCUT2D eigenvalue weighted by Gasteiger charge is -2.10. The van der Waals surface area contributed by atoms with Gasteiger partial charge in [0.05, 0.1) is 13.2 Å². The van der Waals surface area contributed by atoms with Crippen LogP contribution in [0.2, 0.25) is 0 Å². The van der Waals surface area contributed by atoms with Crippen LogP contribution in [0.15, 0.2) is 12.1 Å². The lowest BCUT2D eigenvalue weighted by atomic mass is 10.0. The first-order valence-corrected chi connectivity index (χ1v) is 5.72. The van der Waals surface area contributed by atoms with Crippen LogP contribution in [0, 0.1) is 0 Å². The standard InChI is InChI=1S/C13H14O3/c1-8-5-11(14)10-7-13-12(6-9(8)10)15-3-2-4-16-13/h6-8H,2-5H2,1H3. The molecule has 3 heteroatoms. The fourth-order valence-electron chi connectivity index (χ4n) is 2.37. The lowest BCUT2D eigenvalue weighted by molar-refractivity contribution is 0.0990. The highest BCUT2D eigenvalue weighted by Crippen LogP contribution is 2.40. The summed E-state index contributed by atoms with van der Waals surface area (Å²) in [6.45, 7) is 3.43. The molecule has 0 bridgehead atoms. The smallest absolute Gasteiger partial charge is 0.163 e. The topological polar surface area (TPSA) is 35.5 Å². The van der Waals surface area contributed by atoms with Crippen LogP contribution in [0.25, 0.3) is 0 Å². The van der Waals surface area contributed by atoms with Crippen molar-refractivity contribution in [2.75, 3.05) is 13.2 Å². The normalized spacial score (nSPS) is 22.8. The Morgan fingerprint density at radius 1 is 1.19 bits per heavy atom. The average Bonchev–Trinajstić information content (AvgIpc) is 2.47. The van der Waals surface area contributed by atoms with Gasteiger partial charge in [0.2, 0.25) is 0 Å². The fraction of sp³-hybridized carbons (Fsp3) is 0.462. The Labute approximate surface area is 94.4 Å². The van der Waals surface area contributed by atoms with Crippen LogP contribution in [0.4, 0.5) is 0 Å². The van der Waals surface area contributed by atoms with Crippen molar-refractivity contribution >= 4 is 5.78 Å². The number of fused-ring (bicyclic) bond motifs is 2. The van der Waals surface area contributed by atoms with E-state index in [0.717, 1.165) is 29.0 Å². The second kappa shape index (κ2) is 3.51. The molecule has 1 aliphatic heterocycles. The van der Waals surface area contributed by atoms with Crippen molar-refractivity contribution in [1.29, 1.82) is 0 Å². The maximum atomic E-state index is 11.8. The molecular formula is C13H14O3. The summed E-state index contributed by atoms with van der Waals surface area (Å²) in [7, 11) is 0. The van der Waals surface area contributed by atoms with E-state index in [9.17, 15) is 4.79 Å². The van der Waals surface area contributed by atoms with Gasteiger partial charge in [-0.25, -0.2) is 0 Å². The van der Waals surface area contributed by atoms with Crippen LogP contribution in [-0.2, 0) is 0 Å². The van der Waals surface area contributed by atoms with E-state index in [1.807, 2.05) is 12.1 Å². The summed E-state index contributed by atoms with van der Waals surface area (Å²) in [5, 5.41) is 0. The quantitative estimate of drug-likeness (QED) is 0.671. The zero-order chi connectivity index (χ0) is 11.1. The predicted molar refractivity (Wildman–Crippen MR) is 59.4 cm³/mol. The molecule has 0 spiro atoms. The van der Waals surface area contributed by atoms with Crippen molar-refractivity contribution in [2.24, 2.45) is 0 Å². The van der Waals surface area contributed by atoms with Gasteiger partial charge < -0.3 is 9.47 Å². The largest absolute Gasteiger partial charge is 0.490 e. The van der Waals surface area contributed by atoms with Crippen LogP contribution in [-0.4, -0.2) is 19.0 Å². The average molecular weight is 218 g/mol. The summed E-state index contributed by atoms with van der Waals surface area (Å²) < 4.78 is 11.2. The number of carbonyl (C=O) groups excluding carboxylic acids is 1. The van der Waals surface area contributed by atoms with E-state index in [2.05, 4.69) is 6.92 Å². The molecule has 0 N–H and O–H groups in total. The first kappa shape index (κ1) is 9.70. The van der Waals surface area contributed by atoms with Gasteiger partial charge in [0.25, 0.3) is 0 Å². The fourth-order valence-corrected chi connectivity index (χ4v) is 2.37. The highest BCUT2D eigenvalue weighted by molar-refractivity contribution is 6.02. The van der Waals surface area contributed by atoms with Crippen molar-refractivity contribution in [3.63, 3.8) is 0 Å². The number of carbonyl (C=O) groups is 1. The number of Topliss-reactive ketones (excluding diaryl/α,β-unsaturated/α-hetero) is 1. The molecule has 3 rings (SSSR count). The number of hydrogen-bond acceptors (Lipinski definition) is 3. The minimum Gasteiger partial charge on any atom is -0.490 e. The molecule has 0 saturated heterocycles. The first-order valence-electron chi connectivity index (χ1n) is 5.72. The Hall–Kier alpha value is -1.51. The van der Waals surface area contributed by atoms with E-state index in [0.29, 0.717) is 25.6 Å². The van der Waals surface area contributed by atoms with Gasteiger partial charge in [-0.2, -0.15) is 0 Å². The SMILES string of the molecule is CC1CC(=O)c2cc3c(cc21)OCCCO3. The van der Waals surface area contributed by atoms with E-state index in [1.165, 1.54) is 0 Å². The monoisotopic (exact) mass is 218 g/mol. The van der Waals surface area contributed by atoms with Gasteiger partial charge in [0.1, 0.15) is 0 Å². The van der Waals surface area contributed by atoms with Crippen molar-refractivity contribution in [3.05, 3.63) is 23.3 Å². The van der Waals surface area contributed by atoms with Gasteiger partial charge in [-0.15, -0.1) is 0 Å². The second-order valence-electron chi connectivity index (χ2n) is 4.47. The van der Waals surface area contributed by atoms with E-state index in [-0.39, 0.29) is 5.78 Å². The van der Waals surface area contributed by atoms with Crippen molar-refractivity contribution < 1.29 is 14.3 Å². The molecule has 1 aliphatic carbocycles. The number of benzene rings is 1. The van der Waals surface area contributed by atoms with Crippen LogP contribution in [0.5, 0.6) is 11.5 Å². The highest BCUT2D eigenvalue weighted by atomic mass is 16.5. The van der Waals surface area contributed by atoms with Crippen LogP contribution in [0.1, 0.15) is 41.6 Å². The Bertz CT molecular complexity index is 451. The molecule has 1 aromatic carbocycles. The van der Waals surface area contributed by atoms with E-state index in [1.54, 1.807) is 0 Å². The van der Waals surface area contributed by atoms with E-state index >= 15 is 0 Å². The number of rotatable bonds is 0. The Morgan fingerprint density at radius 3 is 2.62 bits per heavy atom. The summed E-state index contributed by atoms with van der Waals surface area (Å²) in [4.78, 5) is 11.8. The molecule has 0 saturated carbocycles. The summed E-state index contributed by atoms with van der Waals surface area (Å²) in [6.07, 6.45) is 1.50. The van der Waals surface area contributed by atoms with Crippen molar-refractivity contribution in [3.8, 4) is 11.5 Å². The van der Waals surface area contributed by atoms with Crippen LogP contribution in [0.3, 0.4) is 0 Å². The van der Waals surface area contributed by atoms with Crippen molar-refractivity contribution in [1.82, 2.24) is 0 Å².